The molecule has 18 N–H and O–H groups in total. The molecule has 15 heteroatoms. The van der Waals surface area contributed by atoms with E-state index in [2.05, 4.69) is 9.47 Å². The van der Waals surface area contributed by atoms with E-state index in [1.54, 1.807) is 0 Å². The van der Waals surface area contributed by atoms with Crippen molar-refractivity contribution in [2.24, 2.45) is 0 Å². The van der Waals surface area contributed by atoms with Crippen molar-refractivity contribution in [2.75, 3.05) is 13.2 Å². The normalized spacial score (nSPS) is 4.36. The fourth-order valence-electron chi connectivity index (χ4n) is 0.771. The Hall–Kier alpha value is -1.95. The van der Waals surface area contributed by atoms with Crippen LogP contribution in [-0.4, -0.2) is 86.5 Å². The number of esters is 3. The Morgan fingerprint density at radius 2 is 0.636 bits per heavy atom. The highest BCUT2D eigenvalue weighted by Gasteiger charge is 2.15. The topological polar surface area (TPSA) is 362 Å². The van der Waals surface area contributed by atoms with Gasteiger partial charge in [-0.1, -0.05) is 66.8 Å². The van der Waals surface area contributed by atoms with E-state index < -0.39 is 24.0 Å². The fourth-order valence-corrected chi connectivity index (χ4v) is 0.771. The molecule has 0 fully saturated rings. The third kappa shape index (κ3) is 163. The third-order valence-corrected chi connectivity index (χ3v) is 1.28. The summed E-state index contributed by atoms with van der Waals surface area (Å²) in [5, 5.41) is 0. The molecule has 0 radical (unpaired) electrons. The monoisotopic (exact) mass is 524 g/mol. The van der Waals surface area contributed by atoms with Crippen LogP contribution in [0.4, 0.5) is 0 Å². The first-order chi connectivity index (χ1) is 6.91. The number of hydrogen-bond acceptors (Lipinski definition) is 6. The van der Waals surface area contributed by atoms with Crippen molar-refractivity contribution in [3.8, 4) is 0 Å². The lowest BCUT2D eigenvalue weighted by Crippen LogP contribution is -2.29. The quantitative estimate of drug-likeness (QED) is 0.299. The molecule has 230 valence electrons. The van der Waals surface area contributed by atoms with Crippen LogP contribution in [0.15, 0.2) is 0 Å². The van der Waals surface area contributed by atoms with Crippen molar-refractivity contribution in [1.29, 1.82) is 0 Å². The second kappa shape index (κ2) is 112. The molecule has 0 aromatic carbocycles. The van der Waals surface area contributed by atoms with Gasteiger partial charge in [0.2, 0.25) is 0 Å². The summed E-state index contributed by atoms with van der Waals surface area (Å²) < 4.78 is 14.0. The van der Waals surface area contributed by atoms with Crippen molar-refractivity contribution in [2.45, 2.75) is 93.7 Å². The zero-order valence-electron chi connectivity index (χ0n) is 13.4. The van der Waals surface area contributed by atoms with E-state index in [9.17, 15) is 14.4 Å². The van der Waals surface area contributed by atoms with E-state index in [1.165, 1.54) is 20.8 Å². The molecule has 15 nitrogen and oxygen atoms in total. The molecule has 0 rings (SSSR count). The average Bonchev–Trinajstić information content (AvgIpc) is 2.08. The first kappa shape index (κ1) is 193. The van der Waals surface area contributed by atoms with Crippen LogP contribution in [-0.2, 0) is 28.6 Å². The Morgan fingerprint density at radius 3 is 0.758 bits per heavy atom. The van der Waals surface area contributed by atoms with Gasteiger partial charge in [0.25, 0.3) is 0 Å². The highest BCUT2D eigenvalue weighted by Crippen LogP contribution is 1.97. The molecule has 0 amide bonds. The second-order valence-electron chi connectivity index (χ2n) is 2.84. The van der Waals surface area contributed by atoms with E-state index in [4.69, 9.17) is 4.74 Å². The highest BCUT2D eigenvalue weighted by molar-refractivity contribution is 5.67. The van der Waals surface area contributed by atoms with Gasteiger partial charge in [0.05, 0.1) is 0 Å². The third-order valence-electron chi connectivity index (χ3n) is 1.28. The summed E-state index contributed by atoms with van der Waals surface area (Å²) in [4.78, 5) is 31.6. The maximum Gasteiger partial charge on any atom is 0.303 e. The van der Waals surface area contributed by atoms with Crippen molar-refractivity contribution in [3.05, 3.63) is 0 Å². The summed E-state index contributed by atoms with van der Waals surface area (Å²) in [6, 6.07) is 0. The maximum absolute atomic E-state index is 10.6. The maximum atomic E-state index is 10.6. The summed E-state index contributed by atoms with van der Waals surface area (Å²) in [5.74, 6) is -1.51. The Balaban J connectivity index is -0.00000000641. The van der Waals surface area contributed by atoms with E-state index >= 15 is 0 Å². The van der Waals surface area contributed by atoms with Crippen LogP contribution in [0.3, 0.4) is 0 Å². The van der Waals surface area contributed by atoms with Crippen molar-refractivity contribution >= 4 is 17.9 Å². The van der Waals surface area contributed by atoms with Gasteiger partial charge in [0.1, 0.15) is 13.2 Å². The molecule has 0 unspecified atom stereocenters. The summed E-state index contributed by atoms with van der Waals surface area (Å²) in [5.41, 5.74) is 0. The van der Waals surface area contributed by atoms with Crippen LogP contribution in [0.5, 0.6) is 0 Å². The van der Waals surface area contributed by atoms with E-state index in [0.717, 1.165) is 0 Å². The molecule has 0 aliphatic heterocycles. The van der Waals surface area contributed by atoms with Gasteiger partial charge in [0, 0.05) is 20.8 Å². The summed E-state index contributed by atoms with van der Waals surface area (Å²) in [6.45, 7) is 3.44. The SMILES string of the molecule is C.C.C.C.C.C.C.C.C.CC(=O)OCC(COC(C)=O)OC(C)=O.O.O.O.O.O.O.O.O.O. The van der Waals surface area contributed by atoms with Crippen LogP contribution < -0.4 is 0 Å². The minimum absolute atomic E-state index is 0. The van der Waals surface area contributed by atoms with E-state index in [1.807, 2.05) is 0 Å². The Labute approximate surface area is 203 Å². The molecular weight excluding hydrogens is 456 g/mol. The molecule has 0 aromatic heterocycles. The Bertz CT molecular complexity index is 247. The van der Waals surface area contributed by atoms with Gasteiger partial charge in [-0.3, -0.25) is 14.4 Å². The Kier molecular flexibility index (Phi) is 655. The molecular formula is C18H68O15. The minimum atomic E-state index is -0.754. The number of hydrogen-bond donors (Lipinski definition) is 0. The lowest BCUT2D eigenvalue weighted by molar-refractivity contribution is -0.163. The van der Waals surface area contributed by atoms with Crippen molar-refractivity contribution in [1.82, 2.24) is 0 Å². The largest absolute Gasteiger partial charge is 0.462 e. The average molecular weight is 525 g/mol. The van der Waals surface area contributed by atoms with Gasteiger partial charge in [0.15, 0.2) is 6.10 Å². The predicted molar refractivity (Wildman–Crippen MR) is 142 cm³/mol. The van der Waals surface area contributed by atoms with Crippen LogP contribution in [0, 0.1) is 0 Å². The lowest BCUT2D eigenvalue weighted by Gasteiger charge is -2.15. The summed E-state index contributed by atoms with van der Waals surface area (Å²) in [6.07, 6.45) is -0.754. The van der Waals surface area contributed by atoms with Crippen LogP contribution in [0.2, 0.25) is 0 Å². The predicted octanol–water partition coefficient (Wildman–Crippen LogP) is -1.65. The van der Waals surface area contributed by atoms with E-state index in [-0.39, 0.29) is 129 Å². The van der Waals surface area contributed by atoms with Gasteiger partial charge < -0.3 is 63.5 Å². The van der Waals surface area contributed by atoms with Crippen LogP contribution >= 0.6 is 0 Å². The first-order valence-corrected chi connectivity index (χ1v) is 4.35. The number of carbonyl (C=O) groups is 3. The molecule has 0 atom stereocenters. The van der Waals surface area contributed by atoms with Gasteiger partial charge in [-0.05, 0) is 0 Å². The first-order valence-electron chi connectivity index (χ1n) is 4.35. The highest BCUT2D eigenvalue weighted by atomic mass is 16.6. The molecule has 0 aliphatic carbocycles. The molecule has 0 bridgehead atoms. The van der Waals surface area contributed by atoms with Crippen molar-refractivity contribution in [3.63, 3.8) is 0 Å². The number of rotatable bonds is 5. The molecule has 0 saturated carbocycles. The zero-order valence-corrected chi connectivity index (χ0v) is 13.4. The van der Waals surface area contributed by atoms with Gasteiger partial charge in [-0.25, -0.2) is 0 Å². The number of ether oxygens (including phenoxy) is 3. The minimum Gasteiger partial charge on any atom is -0.462 e. The standard InChI is InChI=1S/C9H14O6.9CH4.9H2O/c1-6(10)13-4-9(15-8(3)12)5-14-7(2)11;;;;;;;;;;;;;;;;;;/h9H,4-5H2,1-3H3;9*1H4;9*1H2. The van der Waals surface area contributed by atoms with Crippen LogP contribution in [0.1, 0.15) is 87.6 Å². The van der Waals surface area contributed by atoms with Gasteiger partial charge in [-0.2, -0.15) is 0 Å². The van der Waals surface area contributed by atoms with Gasteiger partial charge >= 0.3 is 17.9 Å². The molecule has 0 spiro atoms. The zero-order chi connectivity index (χ0) is 11.8. The smallest absolute Gasteiger partial charge is 0.303 e. The number of carbonyl (C=O) groups excluding carboxylic acids is 3. The van der Waals surface area contributed by atoms with E-state index in [0.29, 0.717) is 0 Å². The second-order valence-corrected chi connectivity index (χ2v) is 2.84. The fraction of sp³-hybridized carbons (Fsp3) is 0.833. The molecule has 33 heavy (non-hydrogen) atoms. The summed E-state index contributed by atoms with van der Waals surface area (Å²) in [7, 11) is 0. The molecule has 0 heterocycles. The molecule has 0 aromatic rings. The van der Waals surface area contributed by atoms with Crippen molar-refractivity contribution < 1.29 is 77.9 Å². The molecule has 0 aliphatic rings. The molecule has 0 saturated heterocycles. The Morgan fingerprint density at radius 1 is 0.455 bits per heavy atom. The summed E-state index contributed by atoms with van der Waals surface area (Å²) >= 11 is 0. The van der Waals surface area contributed by atoms with Gasteiger partial charge in [-0.15, -0.1) is 0 Å². The van der Waals surface area contributed by atoms with Crippen LogP contribution in [0.25, 0.3) is 0 Å². The lowest BCUT2D eigenvalue weighted by atomic mass is 10.4.